The quantitative estimate of drug-likeness (QED) is 0.536. The van der Waals surface area contributed by atoms with Crippen molar-refractivity contribution in [2.45, 2.75) is 26.3 Å². The summed E-state index contributed by atoms with van der Waals surface area (Å²) in [6.45, 7) is 4.90. The van der Waals surface area contributed by atoms with Gasteiger partial charge in [0.2, 0.25) is 0 Å². The number of hydrogen-bond donors (Lipinski definition) is 1. The average Bonchev–Trinajstić information content (AvgIpc) is 3.33. The van der Waals surface area contributed by atoms with Crippen molar-refractivity contribution >= 4 is 17.8 Å². The lowest BCUT2D eigenvalue weighted by Gasteiger charge is -2.20. The molecule has 7 nitrogen and oxygen atoms in total. The zero-order valence-corrected chi connectivity index (χ0v) is 18.1. The number of rotatable bonds is 7. The molecule has 2 amide bonds. The van der Waals surface area contributed by atoms with Gasteiger partial charge in [0, 0.05) is 24.2 Å². The molecule has 0 aromatic heterocycles. The molecule has 1 heterocycles. The molecule has 1 aliphatic rings. The largest absolute Gasteiger partial charge is 0.466 e. The van der Waals surface area contributed by atoms with E-state index in [1.54, 1.807) is 61.2 Å². The predicted octanol–water partition coefficient (Wildman–Crippen LogP) is 3.30. The van der Waals surface area contributed by atoms with E-state index < -0.39 is 12.0 Å². The highest BCUT2D eigenvalue weighted by Gasteiger charge is 2.22. The van der Waals surface area contributed by atoms with Crippen LogP contribution in [0.5, 0.6) is 0 Å². The first kappa shape index (κ1) is 22.8. The minimum atomic E-state index is -0.660. The lowest BCUT2D eigenvalue weighted by atomic mass is 10.00. The molecule has 3 rings (SSSR count). The summed E-state index contributed by atoms with van der Waals surface area (Å²) >= 11 is 0. The Hall–Kier alpha value is -3.92. The molecule has 0 aliphatic carbocycles. The highest BCUT2D eigenvalue weighted by atomic mass is 16.5. The first-order valence-electron chi connectivity index (χ1n) is 10.4. The molecule has 0 spiro atoms. The highest BCUT2D eigenvalue weighted by Crippen LogP contribution is 2.21. The number of nitrogens with zero attached hydrogens (tertiary/aromatic N) is 2. The Morgan fingerprint density at radius 3 is 2.56 bits per heavy atom. The monoisotopic (exact) mass is 431 g/mol. The van der Waals surface area contributed by atoms with Gasteiger partial charge in [-0.2, -0.15) is 5.26 Å². The lowest BCUT2D eigenvalue weighted by molar-refractivity contribution is -0.143. The minimum Gasteiger partial charge on any atom is -0.466 e. The predicted molar refractivity (Wildman–Crippen MR) is 119 cm³/mol. The van der Waals surface area contributed by atoms with Crippen molar-refractivity contribution in [2.75, 3.05) is 19.7 Å². The third-order valence-electron chi connectivity index (χ3n) is 5.22. The van der Waals surface area contributed by atoms with Gasteiger partial charge < -0.3 is 15.0 Å². The van der Waals surface area contributed by atoms with Gasteiger partial charge in [0.05, 0.1) is 30.7 Å². The number of carbonyl (C=O) groups is 3. The minimum absolute atomic E-state index is 0.0635. The molecular weight excluding hydrogens is 406 g/mol. The van der Waals surface area contributed by atoms with Gasteiger partial charge in [-0.25, -0.2) is 0 Å². The number of carbonyl (C=O) groups excluding carboxylic acids is 3. The zero-order valence-electron chi connectivity index (χ0n) is 18.1. The summed E-state index contributed by atoms with van der Waals surface area (Å²) in [5, 5.41) is 12.1. The van der Waals surface area contributed by atoms with Crippen LogP contribution in [0.15, 0.2) is 54.6 Å². The van der Waals surface area contributed by atoms with Crippen molar-refractivity contribution in [3.63, 3.8) is 0 Å². The molecule has 0 saturated carbocycles. The molecule has 0 fully saturated rings. The second-order valence-electron chi connectivity index (χ2n) is 7.48. The molecule has 1 N–H and O–H groups in total. The average molecular weight is 431 g/mol. The van der Waals surface area contributed by atoms with Crippen LogP contribution in [0.3, 0.4) is 0 Å². The number of nitrogens with one attached hydrogen (secondary N) is 1. The molecule has 2 aromatic rings. The smallest absolute Gasteiger partial charge is 0.308 e. The summed E-state index contributed by atoms with van der Waals surface area (Å²) in [6.07, 6.45) is 3.83. The van der Waals surface area contributed by atoms with Crippen molar-refractivity contribution in [1.29, 1.82) is 5.26 Å². The molecule has 0 bridgehead atoms. The Morgan fingerprint density at radius 1 is 1.16 bits per heavy atom. The molecule has 0 saturated heterocycles. The molecule has 2 aromatic carbocycles. The molecule has 164 valence electrons. The molecule has 1 atom stereocenters. The maximum Gasteiger partial charge on any atom is 0.308 e. The third kappa shape index (κ3) is 5.41. The van der Waals surface area contributed by atoms with Crippen LogP contribution < -0.4 is 5.32 Å². The number of amides is 2. The van der Waals surface area contributed by atoms with Gasteiger partial charge in [-0.1, -0.05) is 24.3 Å². The van der Waals surface area contributed by atoms with E-state index in [0.29, 0.717) is 40.9 Å². The van der Waals surface area contributed by atoms with Crippen LogP contribution in [0.1, 0.15) is 56.8 Å². The Balaban J connectivity index is 1.80. The van der Waals surface area contributed by atoms with Gasteiger partial charge in [-0.05, 0) is 55.3 Å². The first-order chi connectivity index (χ1) is 15.4. The number of nitriles is 1. The summed E-state index contributed by atoms with van der Waals surface area (Å²) in [6, 6.07) is 13.1. The van der Waals surface area contributed by atoms with Crippen molar-refractivity contribution < 1.29 is 19.1 Å². The molecule has 1 aliphatic heterocycles. The van der Waals surface area contributed by atoms with Crippen LogP contribution >= 0.6 is 0 Å². The van der Waals surface area contributed by atoms with E-state index in [2.05, 4.69) is 11.4 Å². The molecule has 7 heteroatoms. The number of aryl methyl sites for hydroxylation is 1. The highest BCUT2D eigenvalue weighted by molar-refractivity contribution is 5.99. The fourth-order valence-electron chi connectivity index (χ4n) is 3.56. The van der Waals surface area contributed by atoms with Gasteiger partial charge in [0.1, 0.15) is 0 Å². The van der Waals surface area contributed by atoms with Gasteiger partial charge in [0.25, 0.3) is 11.8 Å². The molecule has 1 unspecified atom stereocenters. The summed E-state index contributed by atoms with van der Waals surface area (Å²) in [4.78, 5) is 39.5. The normalized spacial score (nSPS) is 13.3. The second-order valence-corrected chi connectivity index (χ2v) is 7.48. The number of ether oxygens (including phenoxy) is 1. The summed E-state index contributed by atoms with van der Waals surface area (Å²) in [5.74, 6) is -0.906. The summed E-state index contributed by atoms with van der Waals surface area (Å²) in [5.41, 5.74) is 2.69. The van der Waals surface area contributed by atoms with E-state index in [1.807, 2.05) is 12.2 Å². The van der Waals surface area contributed by atoms with Crippen molar-refractivity contribution in [3.8, 4) is 6.07 Å². The first-order valence-corrected chi connectivity index (χ1v) is 10.4. The standard InChI is InChI=1S/C25H25N3O4/c1-3-32-23(29)15-22(19-8-6-7-18(14-19)16-26)27-24(30)20-9-10-21(17(2)13-20)25(31)28-11-4-5-12-28/h4-10,13-14,22H,3,11-12,15H2,1-2H3,(H,27,30). The van der Waals surface area contributed by atoms with Gasteiger partial charge in [-0.15, -0.1) is 0 Å². The number of hydrogen-bond acceptors (Lipinski definition) is 5. The van der Waals surface area contributed by atoms with E-state index >= 15 is 0 Å². The molecule has 32 heavy (non-hydrogen) atoms. The SMILES string of the molecule is CCOC(=O)CC(NC(=O)c1ccc(C(=O)N2CC=CC2)c(C)c1)c1cccc(C#N)c1. The van der Waals surface area contributed by atoms with Crippen LogP contribution in [0, 0.1) is 18.3 Å². The van der Waals surface area contributed by atoms with Gasteiger partial charge in [-0.3, -0.25) is 14.4 Å². The van der Waals surface area contributed by atoms with E-state index in [-0.39, 0.29) is 24.8 Å². The van der Waals surface area contributed by atoms with Gasteiger partial charge in [0.15, 0.2) is 0 Å². The van der Waals surface area contributed by atoms with Crippen LogP contribution in [0.4, 0.5) is 0 Å². The lowest BCUT2D eigenvalue weighted by Crippen LogP contribution is -2.31. The number of benzene rings is 2. The maximum absolute atomic E-state index is 13.0. The van der Waals surface area contributed by atoms with E-state index in [9.17, 15) is 19.6 Å². The van der Waals surface area contributed by atoms with Crippen molar-refractivity contribution in [1.82, 2.24) is 10.2 Å². The number of esters is 1. The van der Waals surface area contributed by atoms with Crippen molar-refractivity contribution in [2.24, 2.45) is 0 Å². The van der Waals surface area contributed by atoms with Crippen LogP contribution in [-0.4, -0.2) is 42.4 Å². The van der Waals surface area contributed by atoms with Gasteiger partial charge >= 0.3 is 5.97 Å². The summed E-state index contributed by atoms with van der Waals surface area (Å²) in [7, 11) is 0. The third-order valence-corrected chi connectivity index (χ3v) is 5.22. The molecular formula is C25H25N3O4. The second kappa shape index (κ2) is 10.4. The van der Waals surface area contributed by atoms with E-state index in [0.717, 1.165) is 0 Å². The van der Waals surface area contributed by atoms with Crippen LogP contribution in [0.25, 0.3) is 0 Å². The van der Waals surface area contributed by atoms with E-state index in [4.69, 9.17) is 4.74 Å². The Bertz CT molecular complexity index is 1090. The topological polar surface area (TPSA) is 99.5 Å². The maximum atomic E-state index is 13.0. The van der Waals surface area contributed by atoms with Crippen LogP contribution in [0.2, 0.25) is 0 Å². The Kier molecular flexibility index (Phi) is 7.40. The Morgan fingerprint density at radius 2 is 1.91 bits per heavy atom. The summed E-state index contributed by atoms with van der Waals surface area (Å²) < 4.78 is 5.05. The fourth-order valence-corrected chi connectivity index (χ4v) is 3.56. The van der Waals surface area contributed by atoms with Crippen molar-refractivity contribution in [3.05, 3.63) is 82.4 Å². The zero-order chi connectivity index (χ0) is 23.1. The fraction of sp³-hybridized carbons (Fsp3) is 0.280. The van der Waals surface area contributed by atoms with E-state index in [1.165, 1.54) is 0 Å². The van der Waals surface area contributed by atoms with Crippen LogP contribution in [-0.2, 0) is 9.53 Å². The Labute approximate surface area is 187 Å². The molecule has 0 radical (unpaired) electrons.